The lowest BCUT2D eigenvalue weighted by Gasteiger charge is -2.08. The Hall–Kier alpha value is -0.940. The van der Waals surface area contributed by atoms with Crippen LogP contribution < -0.4 is 5.32 Å². The van der Waals surface area contributed by atoms with E-state index in [0.717, 1.165) is 30.5 Å². The number of ether oxygens (including phenoxy) is 1. The molecule has 1 N–H and O–H groups in total. The summed E-state index contributed by atoms with van der Waals surface area (Å²) >= 11 is 3.29. The molecule has 0 spiro atoms. The van der Waals surface area contributed by atoms with Crippen LogP contribution in [0.3, 0.4) is 0 Å². The first-order chi connectivity index (χ1) is 8.25. The van der Waals surface area contributed by atoms with Gasteiger partial charge in [-0.05, 0) is 40.8 Å². The summed E-state index contributed by atoms with van der Waals surface area (Å²) in [6, 6.07) is 1.76. The van der Waals surface area contributed by atoms with E-state index in [9.17, 15) is 4.79 Å². The molecule has 92 valence electrons. The molecule has 1 atom stereocenters. The van der Waals surface area contributed by atoms with Gasteiger partial charge < -0.3 is 10.1 Å². The predicted molar refractivity (Wildman–Crippen MR) is 67.8 cm³/mol. The van der Waals surface area contributed by atoms with Crippen molar-refractivity contribution in [2.75, 3.05) is 19.8 Å². The maximum Gasteiger partial charge on any atom is 0.252 e. The Morgan fingerprint density at radius 3 is 3.18 bits per heavy atom. The lowest BCUT2D eigenvalue weighted by atomic mass is 10.1. The fourth-order valence-corrected chi connectivity index (χ4v) is 2.20. The number of halogens is 1. The van der Waals surface area contributed by atoms with Crippen LogP contribution in [0.15, 0.2) is 22.9 Å². The van der Waals surface area contributed by atoms with Crippen LogP contribution in [-0.4, -0.2) is 30.6 Å². The zero-order valence-electron chi connectivity index (χ0n) is 9.49. The summed E-state index contributed by atoms with van der Waals surface area (Å²) in [7, 11) is 0. The highest BCUT2D eigenvalue weighted by atomic mass is 79.9. The van der Waals surface area contributed by atoms with E-state index in [4.69, 9.17) is 4.74 Å². The number of carbonyl (C=O) groups is 1. The third kappa shape index (κ3) is 3.78. The minimum Gasteiger partial charge on any atom is -0.381 e. The van der Waals surface area contributed by atoms with Crippen LogP contribution in [-0.2, 0) is 4.74 Å². The lowest BCUT2D eigenvalue weighted by molar-refractivity contribution is 0.0950. The Morgan fingerprint density at radius 1 is 1.59 bits per heavy atom. The Morgan fingerprint density at radius 2 is 2.47 bits per heavy atom. The Balaban J connectivity index is 1.77. The van der Waals surface area contributed by atoms with Gasteiger partial charge in [0, 0.05) is 36.6 Å². The number of rotatable bonds is 4. The highest BCUT2D eigenvalue weighted by Gasteiger charge is 2.15. The number of carbonyl (C=O) groups excluding carboxylic acids is 1. The number of pyridine rings is 1. The van der Waals surface area contributed by atoms with Crippen molar-refractivity contribution in [3.8, 4) is 0 Å². The van der Waals surface area contributed by atoms with Crippen molar-refractivity contribution in [3.63, 3.8) is 0 Å². The van der Waals surface area contributed by atoms with Gasteiger partial charge in [-0.15, -0.1) is 0 Å². The second-order valence-electron chi connectivity index (χ2n) is 4.17. The molecule has 1 unspecified atom stereocenters. The normalized spacial score (nSPS) is 19.2. The standard InChI is InChI=1S/C12H15BrN2O2/c13-11-5-10(6-14-7-11)12(16)15-3-1-9-2-4-17-8-9/h5-7,9H,1-4,8H2,(H,15,16). The smallest absolute Gasteiger partial charge is 0.252 e. The molecule has 2 heterocycles. The summed E-state index contributed by atoms with van der Waals surface area (Å²) < 4.78 is 6.10. The quantitative estimate of drug-likeness (QED) is 0.925. The molecule has 1 aromatic rings. The van der Waals surface area contributed by atoms with Crippen LogP contribution >= 0.6 is 15.9 Å². The molecule has 1 fully saturated rings. The molecule has 5 heteroatoms. The minimum atomic E-state index is -0.0716. The molecule has 0 aromatic carbocycles. The molecule has 1 aliphatic rings. The number of hydrogen-bond donors (Lipinski definition) is 1. The van der Waals surface area contributed by atoms with Gasteiger partial charge in [0.25, 0.3) is 5.91 Å². The highest BCUT2D eigenvalue weighted by molar-refractivity contribution is 9.10. The van der Waals surface area contributed by atoms with Crippen LogP contribution in [0.5, 0.6) is 0 Å². The SMILES string of the molecule is O=C(NCCC1CCOC1)c1cncc(Br)c1. The first-order valence-electron chi connectivity index (χ1n) is 5.72. The van der Waals surface area contributed by atoms with Crippen molar-refractivity contribution >= 4 is 21.8 Å². The molecule has 1 aromatic heterocycles. The maximum absolute atomic E-state index is 11.8. The van der Waals surface area contributed by atoms with E-state index in [1.54, 1.807) is 18.5 Å². The monoisotopic (exact) mass is 298 g/mol. The third-order valence-electron chi connectivity index (χ3n) is 2.83. The second kappa shape index (κ2) is 6.12. The van der Waals surface area contributed by atoms with E-state index in [0.29, 0.717) is 18.0 Å². The zero-order valence-corrected chi connectivity index (χ0v) is 11.1. The third-order valence-corrected chi connectivity index (χ3v) is 3.26. The molecule has 1 aliphatic heterocycles. The summed E-state index contributed by atoms with van der Waals surface area (Å²) in [4.78, 5) is 15.7. The van der Waals surface area contributed by atoms with Crippen LogP contribution in [0.2, 0.25) is 0 Å². The van der Waals surface area contributed by atoms with E-state index in [2.05, 4.69) is 26.2 Å². The molecule has 4 nitrogen and oxygen atoms in total. The fourth-order valence-electron chi connectivity index (χ4n) is 1.84. The first-order valence-corrected chi connectivity index (χ1v) is 6.51. The molecular formula is C12H15BrN2O2. The molecule has 1 saturated heterocycles. The maximum atomic E-state index is 11.8. The van der Waals surface area contributed by atoms with Crippen molar-refractivity contribution in [1.82, 2.24) is 10.3 Å². The van der Waals surface area contributed by atoms with Gasteiger partial charge in [0.15, 0.2) is 0 Å². The van der Waals surface area contributed by atoms with Gasteiger partial charge in [0.2, 0.25) is 0 Å². The van der Waals surface area contributed by atoms with E-state index < -0.39 is 0 Å². The van der Waals surface area contributed by atoms with Crippen LogP contribution in [0, 0.1) is 5.92 Å². The molecule has 0 saturated carbocycles. The van der Waals surface area contributed by atoms with E-state index in [1.807, 2.05) is 0 Å². The van der Waals surface area contributed by atoms with Crippen LogP contribution in [0.1, 0.15) is 23.2 Å². The van der Waals surface area contributed by atoms with Crippen molar-refractivity contribution in [2.45, 2.75) is 12.8 Å². The molecular weight excluding hydrogens is 284 g/mol. The summed E-state index contributed by atoms with van der Waals surface area (Å²) in [5.41, 5.74) is 0.585. The van der Waals surface area contributed by atoms with Crippen molar-refractivity contribution in [3.05, 3.63) is 28.5 Å². The van der Waals surface area contributed by atoms with Gasteiger partial charge in [-0.2, -0.15) is 0 Å². The summed E-state index contributed by atoms with van der Waals surface area (Å²) in [5.74, 6) is 0.522. The summed E-state index contributed by atoms with van der Waals surface area (Å²) in [6.07, 6.45) is 5.31. The van der Waals surface area contributed by atoms with Gasteiger partial charge in [0.1, 0.15) is 0 Å². The molecule has 0 aliphatic carbocycles. The number of aromatic nitrogens is 1. The second-order valence-corrected chi connectivity index (χ2v) is 5.08. The Kier molecular flexibility index (Phi) is 4.50. The average molecular weight is 299 g/mol. The fraction of sp³-hybridized carbons (Fsp3) is 0.500. The summed E-state index contributed by atoms with van der Waals surface area (Å²) in [5, 5.41) is 2.90. The van der Waals surface area contributed by atoms with Crippen LogP contribution in [0.4, 0.5) is 0 Å². The Labute approximate surface area is 109 Å². The predicted octanol–water partition coefficient (Wildman–Crippen LogP) is 2.00. The topological polar surface area (TPSA) is 51.2 Å². The number of nitrogens with one attached hydrogen (secondary N) is 1. The molecule has 0 radical (unpaired) electrons. The number of nitrogens with zero attached hydrogens (tertiary/aromatic N) is 1. The van der Waals surface area contributed by atoms with Crippen molar-refractivity contribution < 1.29 is 9.53 Å². The Bertz CT molecular complexity index is 392. The van der Waals surface area contributed by atoms with Gasteiger partial charge in [-0.25, -0.2) is 0 Å². The van der Waals surface area contributed by atoms with Crippen LogP contribution in [0.25, 0.3) is 0 Å². The van der Waals surface area contributed by atoms with E-state index in [1.165, 1.54) is 0 Å². The molecule has 1 amide bonds. The average Bonchev–Trinajstić information content (AvgIpc) is 2.82. The highest BCUT2D eigenvalue weighted by Crippen LogP contribution is 2.15. The minimum absolute atomic E-state index is 0.0716. The summed E-state index contributed by atoms with van der Waals surface area (Å²) in [6.45, 7) is 2.38. The van der Waals surface area contributed by atoms with E-state index >= 15 is 0 Å². The largest absolute Gasteiger partial charge is 0.381 e. The van der Waals surface area contributed by atoms with Gasteiger partial charge in [-0.1, -0.05) is 0 Å². The van der Waals surface area contributed by atoms with Gasteiger partial charge in [0.05, 0.1) is 5.56 Å². The van der Waals surface area contributed by atoms with Gasteiger partial charge >= 0.3 is 0 Å². The van der Waals surface area contributed by atoms with Crippen molar-refractivity contribution in [2.24, 2.45) is 5.92 Å². The lowest BCUT2D eigenvalue weighted by Crippen LogP contribution is -2.26. The molecule has 0 bridgehead atoms. The van der Waals surface area contributed by atoms with Gasteiger partial charge in [-0.3, -0.25) is 9.78 Å². The first kappa shape index (κ1) is 12.5. The molecule has 17 heavy (non-hydrogen) atoms. The zero-order chi connectivity index (χ0) is 12.1. The number of amides is 1. The molecule has 2 rings (SSSR count). The number of hydrogen-bond acceptors (Lipinski definition) is 3. The van der Waals surface area contributed by atoms with E-state index in [-0.39, 0.29) is 5.91 Å². The van der Waals surface area contributed by atoms with Crippen molar-refractivity contribution in [1.29, 1.82) is 0 Å².